The summed E-state index contributed by atoms with van der Waals surface area (Å²) in [7, 11) is -1.86. The molecule has 1 heterocycles. The van der Waals surface area contributed by atoms with Crippen LogP contribution in [0.3, 0.4) is 0 Å². The number of hydrogen-bond acceptors (Lipinski definition) is 4. The van der Waals surface area contributed by atoms with Crippen molar-refractivity contribution in [2.45, 2.75) is 11.8 Å². The summed E-state index contributed by atoms with van der Waals surface area (Å²) in [6.45, 7) is 6.81. The van der Waals surface area contributed by atoms with Crippen molar-refractivity contribution in [3.05, 3.63) is 28.8 Å². The van der Waals surface area contributed by atoms with Crippen LogP contribution in [-0.2, 0) is 10.0 Å². The number of hydrogen-bond donors (Lipinski definition) is 1. The van der Waals surface area contributed by atoms with Crippen molar-refractivity contribution in [1.82, 2.24) is 14.5 Å². The van der Waals surface area contributed by atoms with Gasteiger partial charge in [0.05, 0.1) is 4.90 Å². The molecule has 0 atom stereocenters. The molecule has 1 aliphatic heterocycles. The highest BCUT2D eigenvalue weighted by Gasteiger charge is 2.24. The number of sulfonamides is 1. The summed E-state index contributed by atoms with van der Waals surface area (Å²) >= 11 is 6.03. The summed E-state index contributed by atoms with van der Waals surface area (Å²) in [4.78, 5) is 2.56. The van der Waals surface area contributed by atoms with Crippen LogP contribution in [0.5, 0.6) is 0 Å². The standard InChI is InChI=1S/C14H22ClN3O2S/c1-12-13(15)4-3-5-14(12)21(19,20)17(2)10-11-18-8-6-16-7-9-18/h3-5,16H,6-11H2,1-2H3. The Kier molecular flexibility index (Phi) is 5.62. The molecule has 1 aliphatic rings. The topological polar surface area (TPSA) is 52.7 Å². The van der Waals surface area contributed by atoms with Gasteiger partial charge >= 0.3 is 0 Å². The molecule has 2 rings (SSSR count). The second kappa shape index (κ2) is 7.07. The Balaban J connectivity index is 2.06. The summed E-state index contributed by atoms with van der Waals surface area (Å²) in [6.07, 6.45) is 0. The predicted octanol–water partition coefficient (Wildman–Crippen LogP) is 1.17. The molecule has 1 fully saturated rings. The van der Waals surface area contributed by atoms with E-state index in [-0.39, 0.29) is 4.90 Å². The minimum absolute atomic E-state index is 0.290. The minimum Gasteiger partial charge on any atom is -0.314 e. The highest BCUT2D eigenvalue weighted by atomic mass is 35.5. The zero-order valence-electron chi connectivity index (χ0n) is 12.5. The van der Waals surface area contributed by atoms with Gasteiger partial charge in [-0.2, -0.15) is 4.31 Å². The van der Waals surface area contributed by atoms with E-state index in [2.05, 4.69) is 10.2 Å². The van der Waals surface area contributed by atoms with Gasteiger partial charge in [-0.15, -0.1) is 0 Å². The molecular formula is C14H22ClN3O2S. The van der Waals surface area contributed by atoms with E-state index in [0.717, 1.165) is 32.7 Å². The fourth-order valence-electron chi connectivity index (χ4n) is 2.37. The lowest BCUT2D eigenvalue weighted by molar-refractivity contribution is 0.229. The lowest BCUT2D eigenvalue weighted by Gasteiger charge is -2.29. The third kappa shape index (κ3) is 3.96. The van der Waals surface area contributed by atoms with Crippen molar-refractivity contribution < 1.29 is 8.42 Å². The van der Waals surface area contributed by atoms with E-state index in [4.69, 9.17) is 11.6 Å². The lowest BCUT2D eigenvalue weighted by Crippen LogP contribution is -2.46. The molecular weight excluding hydrogens is 310 g/mol. The second-order valence-corrected chi connectivity index (χ2v) is 7.70. The first-order valence-electron chi connectivity index (χ1n) is 7.07. The Morgan fingerprint density at radius 2 is 2.00 bits per heavy atom. The van der Waals surface area contributed by atoms with Crippen molar-refractivity contribution in [3.63, 3.8) is 0 Å². The summed E-state index contributed by atoms with van der Waals surface area (Å²) in [5.74, 6) is 0. The zero-order valence-corrected chi connectivity index (χ0v) is 14.0. The molecule has 0 radical (unpaired) electrons. The number of nitrogens with zero attached hydrogens (tertiary/aromatic N) is 2. The van der Waals surface area contributed by atoms with Crippen molar-refractivity contribution in [1.29, 1.82) is 0 Å². The van der Waals surface area contributed by atoms with Gasteiger partial charge in [-0.1, -0.05) is 17.7 Å². The Morgan fingerprint density at radius 3 is 2.67 bits per heavy atom. The number of piperazine rings is 1. The van der Waals surface area contributed by atoms with Crippen molar-refractivity contribution in [3.8, 4) is 0 Å². The van der Waals surface area contributed by atoms with Crippen LogP contribution in [0.1, 0.15) is 5.56 Å². The molecule has 0 aliphatic carbocycles. The van der Waals surface area contributed by atoms with Gasteiger partial charge in [0.25, 0.3) is 0 Å². The van der Waals surface area contributed by atoms with E-state index < -0.39 is 10.0 Å². The van der Waals surface area contributed by atoms with Crippen LogP contribution >= 0.6 is 11.6 Å². The third-order valence-electron chi connectivity index (χ3n) is 3.85. The molecule has 118 valence electrons. The zero-order chi connectivity index (χ0) is 15.5. The maximum absolute atomic E-state index is 12.6. The van der Waals surface area contributed by atoms with E-state index in [1.807, 2.05) is 0 Å². The first kappa shape index (κ1) is 16.7. The quantitative estimate of drug-likeness (QED) is 0.880. The maximum atomic E-state index is 12.6. The molecule has 21 heavy (non-hydrogen) atoms. The molecule has 7 heteroatoms. The van der Waals surface area contributed by atoms with E-state index in [1.165, 1.54) is 4.31 Å². The summed E-state index contributed by atoms with van der Waals surface area (Å²) in [6, 6.07) is 4.99. The average Bonchev–Trinajstić information content (AvgIpc) is 2.48. The van der Waals surface area contributed by atoms with Gasteiger partial charge in [0, 0.05) is 51.3 Å². The summed E-state index contributed by atoms with van der Waals surface area (Å²) < 4.78 is 26.6. The van der Waals surface area contributed by atoms with Gasteiger partial charge in [0.1, 0.15) is 0 Å². The molecule has 1 saturated heterocycles. The molecule has 1 aromatic carbocycles. The molecule has 0 amide bonds. The van der Waals surface area contributed by atoms with Crippen molar-refractivity contribution in [2.75, 3.05) is 46.3 Å². The van der Waals surface area contributed by atoms with Gasteiger partial charge in [0.2, 0.25) is 10.0 Å². The van der Waals surface area contributed by atoms with Crippen LogP contribution in [0.4, 0.5) is 0 Å². The normalized spacial score (nSPS) is 17.3. The highest BCUT2D eigenvalue weighted by Crippen LogP contribution is 2.24. The monoisotopic (exact) mass is 331 g/mol. The molecule has 1 aromatic rings. The largest absolute Gasteiger partial charge is 0.314 e. The summed E-state index contributed by atoms with van der Waals surface area (Å²) in [5.41, 5.74) is 0.605. The molecule has 1 N–H and O–H groups in total. The first-order valence-corrected chi connectivity index (χ1v) is 8.89. The molecule has 5 nitrogen and oxygen atoms in total. The lowest BCUT2D eigenvalue weighted by atomic mass is 10.2. The number of nitrogens with one attached hydrogen (secondary N) is 1. The van der Waals surface area contributed by atoms with E-state index in [9.17, 15) is 8.42 Å². The van der Waals surface area contributed by atoms with Crippen LogP contribution < -0.4 is 5.32 Å². The third-order valence-corrected chi connectivity index (χ3v) is 6.26. The van der Waals surface area contributed by atoms with Gasteiger partial charge in [-0.3, -0.25) is 4.90 Å². The molecule has 0 bridgehead atoms. The van der Waals surface area contributed by atoms with Crippen LogP contribution in [0.15, 0.2) is 23.1 Å². The smallest absolute Gasteiger partial charge is 0.243 e. The highest BCUT2D eigenvalue weighted by molar-refractivity contribution is 7.89. The van der Waals surface area contributed by atoms with Crippen LogP contribution in [0.25, 0.3) is 0 Å². The fourth-order valence-corrected chi connectivity index (χ4v) is 4.01. The van der Waals surface area contributed by atoms with Crippen molar-refractivity contribution >= 4 is 21.6 Å². The average molecular weight is 332 g/mol. The Morgan fingerprint density at radius 1 is 1.33 bits per heavy atom. The predicted molar refractivity (Wildman–Crippen MR) is 85.3 cm³/mol. The van der Waals surface area contributed by atoms with Gasteiger partial charge in [-0.25, -0.2) is 8.42 Å². The number of halogens is 1. The Labute approximate surface area is 131 Å². The van der Waals surface area contributed by atoms with Crippen LogP contribution in [-0.4, -0.2) is 63.9 Å². The molecule has 0 saturated carbocycles. The Bertz CT molecular complexity index is 586. The van der Waals surface area contributed by atoms with Gasteiger partial charge in [-0.05, 0) is 24.6 Å². The van der Waals surface area contributed by atoms with Crippen molar-refractivity contribution in [2.24, 2.45) is 0 Å². The number of likely N-dealkylation sites (N-methyl/N-ethyl adjacent to an activating group) is 1. The fraction of sp³-hybridized carbons (Fsp3) is 0.571. The first-order chi connectivity index (χ1) is 9.93. The van der Waals surface area contributed by atoms with Gasteiger partial charge < -0.3 is 5.32 Å². The second-order valence-electron chi connectivity index (χ2n) is 5.28. The molecule has 0 spiro atoms. The SMILES string of the molecule is Cc1c(Cl)cccc1S(=O)(=O)N(C)CCN1CCNCC1. The molecule has 0 unspecified atom stereocenters. The molecule has 0 aromatic heterocycles. The van der Waals surface area contributed by atoms with Gasteiger partial charge in [0.15, 0.2) is 0 Å². The van der Waals surface area contributed by atoms with Crippen LogP contribution in [0, 0.1) is 6.92 Å². The maximum Gasteiger partial charge on any atom is 0.243 e. The minimum atomic E-state index is -3.49. The van der Waals surface area contributed by atoms with E-state index in [0.29, 0.717) is 17.1 Å². The number of rotatable bonds is 5. The Hall–Kier alpha value is -0.660. The van der Waals surface area contributed by atoms with Crippen LogP contribution in [0.2, 0.25) is 5.02 Å². The summed E-state index contributed by atoms with van der Waals surface area (Å²) in [5, 5.41) is 3.76. The van der Waals surface area contributed by atoms with E-state index in [1.54, 1.807) is 32.2 Å². The van der Waals surface area contributed by atoms with E-state index >= 15 is 0 Å². The number of benzene rings is 1.